The lowest BCUT2D eigenvalue weighted by atomic mass is 9.98. The minimum absolute atomic E-state index is 0.139. The molecule has 0 spiro atoms. The van der Waals surface area contributed by atoms with Gasteiger partial charge in [0.05, 0.1) is 0 Å². The number of benzene rings is 1. The molecule has 0 aliphatic heterocycles. The van der Waals surface area contributed by atoms with E-state index in [-0.39, 0.29) is 6.04 Å². The van der Waals surface area contributed by atoms with Crippen molar-refractivity contribution in [3.63, 3.8) is 0 Å². The maximum atomic E-state index is 6.07. The lowest BCUT2D eigenvalue weighted by Crippen LogP contribution is -2.40. The second-order valence-electron chi connectivity index (χ2n) is 4.47. The largest absolute Gasteiger partial charge is 0.326 e. The van der Waals surface area contributed by atoms with E-state index in [1.165, 1.54) is 5.56 Å². The van der Waals surface area contributed by atoms with Gasteiger partial charge in [0.2, 0.25) is 0 Å². The van der Waals surface area contributed by atoms with E-state index in [0.717, 1.165) is 0 Å². The average molecular weight is 206 g/mol. The van der Waals surface area contributed by atoms with E-state index in [4.69, 9.17) is 5.73 Å². The fraction of sp³-hybridized carbons (Fsp3) is 0.538. The predicted octanol–water partition coefficient (Wildman–Crippen LogP) is 2.42. The van der Waals surface area contributed by atoms with Gasteiger partial charge in [0.15, 0.2) is 0 Å². The first-order valence-corrected chi connectivity index (χ1v) is 5.56. The van der Waals surface area contributed by atoms with Crippen LogP contribution in [0.15, 0.2) is 30.3 Å². The minimum Gasteiger partial charge on any atom is -0.326 e. The molecular formula is C13H22N2. The Hall–Kier alpha value is -0.860. The zero-order chi connectivity index (χ0) is 11.4. The van der Waals surface area contributed by atoms with Crippen LogP contribution in [-0.4, -0.2) is 24.0 Å². The Labute approximate surface area is 93.1 Å². The molecule has 1 aromatic carbocycles. The number of nitrogens with zero attached hydrogens (tertiary/aromatic N) is 1. The molecule has 2 nitrogen and oxygen atoms in total. The normalized spacial score (nSPS) is 15.7. The highest BCUT2D eigenvalue weighted by molar-refractivity contribution is 5.20. The van der Waals surface area contributed by atoms with Crippen molar-refractivity contribution < 1.29 is 0 Å². The van der Waals surface area contributed by atoms with Gasteiger partial charge in [0, 0.05) is 18.1 Å². The van der Waals surface area contributed by atoms with E-state index >= 15 is 0 Å². The number of hydrogen-bond acceptors (Lipinski definition) is 2. The van der Waals surface area contributed by atoms with E-state index in [1.54, 1.807) is 0 Å². The van der Waals surface area contributed by atoms with E-state index < -0.39 is 0 Å². The first-order valence-electron chi connectivity index (χ1n) is 5.56. The van der Waals surface area contributed by atoms with Gasteiger partial charge in [0.25, 0.3) is 0 Å². The molecule has 2 N–H and O–H groups in total. The molecule has 15 heavy (non-hydrogen) atoms. The Morgan fingerprint density at radius 1 is 1.07 bits per heavy atom. The van der Waals surface area contributed by atoms with Crippen LogP contribution in [0.25, 0.3) is 0 Å². The summed E-state index contributed by atoms with van der Waals surface area (Å²) in [7, 11) is 2.13. The van der Waals surface area contributed by atoms with Crippen LogP contribution in [0.2, 0.25) is 0 Å². The lowest BCUT2D eigenvalue weighted by molar-refractivity contribution is 0.175. The monoisotopic (exact) mass is 206 g/mol. The maximum Gasteiger partial charge on any atom is 0.0496 e. The Morgan fingerprint density at radius 3 is 2.00 bits per heavy atom. The van der Waals surface area contributed by atoms with Gasteiger partial charge in [-0.1, -0.05) is 30.3 Å². The smallest absolute Gasteiger partial charge is 0.0496 e. The van der Waals surface area contributed by atoms with Crippen molar-refractivity contribution in [1.82, 2.24) is 4.90 Å². The Bertz CT molecular complexity index is 280. The molecule has 1 aromatic rings. The van der Waals surface area contributed by atoms with Crippen LogP contribution in [0.1, 0.15) is 32.4 Å². The second-order valence-corrected chi connectivity index (χ2v) is 4.47. The minimum atomic E-state index is 0.139. The van der Waals surface area contributed by atoms with Crippen LogP contribution in [0.3, 0.4) is 0 Å². The number of hydrogen-bond donors (Lipinski definition) is 1. The highest BCUT2D eigenvalue weighted by Crippen LogP contribution is 2.23. The molecule has 0 radical (unpaired) electrons. The van der Waals surface area contributed by atoms with E-state index in [9.17, 15) is 0 Å². The van der Waals surface area contributed by atoms with Crippen molar-refractivity contribution in [1.29, 1.82) is 0 Å². The summed E-state index contributed by atoms with van der Waals surface area (Å²) < 4.78 is 0. The van der Waals surface area contributed by atoms with Crippen molar-refractivity contribution in [2.45, 2.75) is 38.9 Å². The zero-order valence-corrected chi connectivity index (χ0v) is 10.1. The first kappa shape index (κ1) is 12.2. The molecule has 0 fully saturated rings. The zero-order valence-electron chi connectivity index (χ0n) is 10.1. The van der Waals surface area contributed by atoms with E-state index in [0.29, 0.717) is 12.1 Å². The molecule has 0 aliphatic rings. The van der Waals surface area contributed by atoms with E-state index in [1.807, 2.05) is 6.07 Å². The van der Waals surface area contributed by atoms with Gasteiger partial charge >= 0.3 is 0 Å². The van der Waals surface area contributed by atoms with Crippen molar-refractivity contribution >= 4 is 0 Å². The summed E-state index contributed by atoms with van der Waals surface area (Å²) in [4.78, 5) is 2.32. The highest BCUT2D eigenvalue weighted by atomic mass is 15.2. The van der Waals surface area contributed by atoms with Crippen LogP contribution >= 0.6 is 0 Å². The predicted molar refractivity (Wildman–Crippen MR) is 65.7 cm³/mol. The lowest BCUT2D eigenvalue weighted by Gasteiger charge is -2.34. The number of nitrogens with two attached hydrogens (primary N) is 1. The van der Waals surface area contributed by atoms with Gasteiger partial charge < -0.3 is 5.73 Å². The van der Waals surface area contributed by atoms with Gasteiger partial charge in [-0.2, -0.15) is 0 Å². The molecular weight excluding hydrogens is 184 g/mol. The topological polar surface area (TPSA) is 29.3 Å². The van der Waals surface area contributed by atoms with Crippen molar-refractivity contribution in [2.24, 2.45) is 5.73 Å². The molecule has 0 saturated heterocycles. The van der Waals surface area contributed by atoms with Crippen LogP contribution in [0, 0.1) is 0 Å². The Balaban J connectivity index is 2.93. The molecule has 0 aliphatic carbocycles. The molecule has 0 bridgehead atoms. The molecule has 2 heteroatoms. The first-order chi connectivity index (χ1) is 7.04. The molecule has 0 amide bonds. The molecule has 0 heterocycles. The summed E-state index contributed by atoms with van der Waals surface area (Å²) in [6, 6.07) is 11.4. The fourth-order valence-corrected chi connectivity index (χ4v) is 1.88. The maximum absolute atomic E-state index is 6.07. The standard InChI is InChI=1S/C13H22N2/c1-10(2)15(4)13(11(3)14)12-8-6-5-7-9-12/h5-11,13H,14H2,1-4H3. The third-order valence-electron chi connectivity index (χ3n) is 2.89. The summed E-state index contributed by atoms with van der Waals surface area (Å²) in [6.07, 6.45) is 0. The molecule has 2 unspecified atom stereocenters. The molecule has 2 atom stereocenters. The SMILES string of the molecule is CC(N)C(c1ccccc1)N(C)C(C)C. The van der Waals surface area contributed by atoms with Crippen LogP contribution < -0.4 is 5.73 Å². The van der Waals surface area contributed by atoms with Crippen molar-refractivity contribution in [2.75, 3.05) is 7.05 Å². The number of likely N-dealkylation sites (N-methyl/N-ethyl adjacent to an activating group) is 1. The van der Waals surface area contributed by atoms with Crippen LogP contribution in [-0.2, 0) is 0 Å². The quantitative estimate of drug-likeness (QED) is 0.819. The van der Waals surface area contributed by atoms with Crippen LogP contribution in [0.4, 0.5) is 0 Å². The summed E-state index contributed by atoms with van der Waals surface area (Å²) >= 11 is 0. The Kier molecular flexibility index (Phi) is 4.30. The average Bonchev–Trinajstić information content (AvgIpc) is 2.18. The molecule has 1 rings (SSSR count). The van der Waals surface area contributed by atoms with E-state index in [2.05, 4.69) is 57.0 Å². The molecule has 0 aromatic heterocycles. The van der Waals surface area contributed by atoms with Gasteiger partial charge in [0.1, 0.15) is 0 Å². The number of rotatable bonds is 4. The highest BCUT2D eigenvalue weighted by Gasteiger charge is 2.22. The summed E-state index contributed by atoms with van der Waals surface area (Å²) in [5.41, 5.74) is 7.36. The third-order valence-corrected chi connectivity index (χ3v) is 2.89. The fourth-order valence-electron chi connectivity index (χ4n) is 1.88. The summed E-state index contributed by atoms with van der Waals surface area (Å²) in [5.74, 6) is 0. The van der Waals surface area contributed by atoms with Gasteiger partial charge in [-0.25, -0.2) is 0 Å². The summed E-state index contributed by atoms with van der Waals surface area (Å²) in [6.45, 7) is 6.45. The van der Waals surface area contributed by atoms with Gasteiger partial charge in [-0.15, -0.1) is 0 Å². The summed E-state index contributed by atoms with van der Waals surface area (Å²) in [5, 5.41) is 0. The molecule has 0 saturated carbocycles. The third kappa shape index (κ3) is 3.05. The van der Waals surface area contributed by atoms with Crippen LogP contribution in [0.5, 0.6) is 0 Å². The van der Waals surface area contributed by atoms with Crippen molar-refractivity contribution in [3.8, 4) is 0 Å². The van der Waals surface area contributed by atoms with Gasteiger partial charge in [-0.05, 0) is 33.4 Å². The van der Waals surface area contributed by atoms with Crippen molar-refractivity contribution in [3.05, 3.63) is 35.9 Å². The second kappa shape index (κ2) is 5.29. The Morgan fingerprint density at radius 2 is 1.60 bits per heavy atom. The van der Waals surface area contributed by atoms with Gasteiger partial charge in [-0.3, -0.25) is 4.90 Å². The molecule has 84 valence electrons.